The molecule has 0 atom stereocenters. The second-order valence-corrected chi connectivity index (χ2v) is 9.30. The largest absolute Gasteiger partial charge is 0.468 e. The Labute approximate surface area is 188 Å². The van der Waals surface area contributed by atoms with E-state index in [2.05, 4.69) is 0 Å². The first-order valence-corrected chi connectivity index (χ1v) is 11.7. The van der Waals surface area contributed by atoms with Crippen molar-refractivity contribution in [3.05, 3.63) is 64.2 Å². The van der Waals surface area contributed by atoms with Gasteiger partial charge in [-0.25, -0.2) is 8.42 Å². The molecule has 0 saturated carbocycles. The maximum Gasteiger partial charge on any atom is 0.325 e. The summed E-state index contributed by atoms with van der Waals surface area (Å²) in [6.45, 7) is 5.74. The second-order valence-electron chi connectivity index (χ2n) is 6.93. The lowest BCUT2D eigenvalue weighted by atomic mass is 10.1. The fraction of sp³-hybridized carbons (Fsp3) is 0.364. The predicted molar refractivity (Wildman–Crippen MR) is 119 cm³/mol. The minimum Gasteiger partial charge on any atom is -0.468 e. The van der Waals surface area contributed by atoms with E-state index < -0.39 is 21.9 Å². The Morgan fingerprint density at radius 3 is 2.19 bits per heavy atom. The van der Waals surface area contributed by atoms with Gasteiger partial charge in [0.05, 0.1) is 12.0 Å². The Morgan fingerprint density at radius 1 is 1.03 bits per heavy atom. The van der Waals surface area contributed by atoms with Crippen LogP contribution in [-0.4, -0.2) is 56.2 Å². The van der Waals surface area contributed by atoms with Gasteiger partial charge in [-0.2, -0.15) is 4.31 Å². The highest BCUT2D eigenvalue weighted by atomic mass is 35.5. The molecule has 0 saturated heterocycles. The van der Waals surface area contributed by atoms with Gasteiger partial charge in [0.2, 0.25) is 10.0 Å². The van der Waals surface area contributed by atoms with E-state index >= 15 is 0 Å². The average Bonchev–Trinajstić information content (AvgIpc) is 2.75. The van der Waals surface area contributed by atoms with Gasteiger partial charge in [0, 0.05) is 30.2 Å². The highest BCUT2D eigenvalue weighted by molar-refractivity contribution is 7.89. The number of hydrogen-bond acceptors (Lipinski definition) is 5. The lowest BCUT2D eigenvalue weighted by Gasteiger charge is -2.24. The third-order valence-electron chi connectivity index (χ3n) is 4.90. The minimum atomic E-state index is -3.73. The third kappa shape index (κ3) is 6.06. The van der Waals surface area contributed by atoms with Crippen LogP contribution >= 0.6 is 11.6 Å². The van der Waals surface area contributed by atoms with Crippen LogP contribution in [-0.2, 0) is 26.1 Å². The van der Waals surface area contributed by atoms with Crippen molar-refractivity contribution in [3.63, 3.8) is 0 Å². The Hall–Kier alpha value is -2.42. The summed E-state index contributed by atoms with van der Waals surface area (Å²) in [4.78, 5) is 26.7. The fourth-order valence-electron chi connectivity index (χ4n) is 3.11. The molecule has 0 aromatic heterocycles. The molecule has 0 radical (unpaired) electrons. The minimum absolute atomic E-state index is 0.0367. The van der Waals surface area contributed by atoms with E-state index in [1.807, 2.05) is 0 Å². The van der Waals surface area contributed by atoms with Crippen molar-refractivity contribution in [2.24, 2.45) is 0 Å². The van der Waals surface area contributed by atoms with E-state index in [-0.39, 0.29) is 23.5 Å². The molecule has 31 heavy (non-hydrogen) atoms. The topological polar surface area (TPSA) is 84.0 Å². The van der Waals surface area contributed by atoms with Gasteiger partial charge in [0.15, 0.2) is 0 Å². The lowest BCUT2D eigenvalue weighted by molar-refractivity contribution is -0.141. The number of aryl methyl sites for hydroxylation is 1. The average molecular weight is 467 g/mol. The monoisotopic (exact) mass is 466 g/mol. The first-order valence-electron chi connectivity index (χ1n) is 9.85. The summed E-state index contributed by atoms with van der Waals surface area (Å²) in [6, 6.07) is 11.4. The number of nitrogens with zero attached hydrogens (tertiary/aromatic N) is 2. The van der Waals surface area contributed by atoms with Crippen molar-refractivity contribution < 1.29 is 22.7 Å². The van der Waals surface area contributed by atoms with Gasteiger partial charge in [-0.05, 0) is 42.3 Å². The zero-order chi connectivity index (χ0) is 23.2. The van der Waals surface area contributed by atoms with Gasteiger partial charge in [0.1, 0.15) is 6.54 Å². The molecule has 0 unspecified atom stereocenters. The SMILES string of the molecule is CCN(CC)S(=O)(=O)c1ccc(C)c(C(=O)N(CC(=O)OC)Cc2ccc(Cl)cc2)c1. The van der Waals surface area contributed by atoms with Gasteiger partial charge in [-0.3, -0.25) is 9.59 Å². The van der Waals surface area contributed by atoms with Crippen LogP contribution in [0.4, 0.5) is 0 Å². The number of amides is 1. The molecular formula is C22H27ClN2O5S. The van der Waals surface area contributed by atoms with Crippen LogP contribution < -0.4 is 0 Å². The zero-order valence-corrected chi connectivity index (χ0v) is 19.7. The molecule has 0 aliphatic heterocycles. The van der Waals surface area contributed by atoms with Crippen molar-refractivity contribution in [1.29, 1.82) is 0 Å². The molecule has 0 heterocycles. The highest BCUT2D eigenvalue weighted by Crippen LogP contribution is 2.22. The molecule has 9 heteroatoms. The number of methoxy groups -OCH3 is 1. The summed E-state index contributed by atoms with van der Waals surface area (Å²) in [6.07, 6.45) is 0. The molecule has 168 valence electrons. The van der Waals surface area contributed by atoms with Gasteiger partial charge < -0.3 is 9.64 Å². The van der Waals surface area contributed by atoms with Gasteiger partial charge in [-0.15, -0.1) is 0 Å². The van der Waals surface area contributed by atoms with Crippen molar-refractivity contribution in [2.45, 2.75) is 32.2 Å². The quantitative estimate of drug-likeness (QED) is 0.528. The zero-order valence-electron chi connectivity index (χ0n) is 18.1. The number of carbonyl (C=O) groups excluding carboxylic acids is 2. The van der Waals surface area contributed by atoms with Gasteiger partial charge >= 0.3 is 5.97 Å². The molecule has 2 rings (SSSR count). The van der Waals surface area contributed by atoms with Gasteiger partial charge in [-0.1, -0.05) is 43.6 Å². The summed E-state index contributed by atoms with van der Waals surface area (Å²) < 4.78 is 31.9. The van der Waals surface area contributed by atoms with Crippen molar-refractivity contribution in [3.8, 4) is 0 Å². The lowest BCUT2D eigenvalue weighted by Crippen LogP contribution is -2.36. The van der Waals surface area contributed by atoms with E-state index in [0.717, 1.165) is 5.56 Å². The molecular weight excluding hydrogens is 440 g/mol. The number of hydrogen-bond donors (Lipinski definition) is 0. The second kappa shape index (κ2) is 10.7. The molecule has 2 aromatic carbocycles. The third-order valence-corrected chi connectivity index (χ3v) is 7.20. The maximum absolute atomic E-state index is 13.4. The number of esters is 1. The smallest absolute Gasteiger partial charge is 0.325 e. The Bertz CT molecular complexity index is 1030. The number of benzene rings is 2. The molecule has 2 aromatic rings. The van der Waals surface area contributed by atoms with Crippen LogP contribution in [0.1, 0.15) is 35.3 Å². The first kappa shape index (κ1) is 24.8. The number of sulfonamides is 1. The van der Waals surface area contributed by atoms with E-state index in [1.54, 1.807) is 51.1 Å². The summed E-state index contributed by atoms with van der Waals surface area (Å²) in [7, 11) is -2.49. The van der Waals surface area contributed by atoms with E-state index in [9.17, 15) is 18.0 Å². The molecule has 0 bridgehead atoms. The van der Waals surface area contributed by atoms with Crippen molar-refractivity contribution in [1.82, 2.24) is 9.21 Å². The number of ether oxygens (including phenoxy) is 1. The Morgan fingerprint density at radius 2 is 1.65 bits per heavy atom. The van der Waals surface area contributed by atoms with E-state index in [4.69, 9.17) is 16.3 Å². The Balaban J connectivity index is 2.45. The van der Waals surface area contributed by atoms with Crippen molar-refractivity contribution in [2.75, 3.05) is 26.7 Å². The highest BCUT2D eigenvalue weighted by Gasteiger charge is 2.26. The molecule has 7 nitrogen and oxygen atoms in total. The normalized spacial score (nSPS) is 11.4. The number of halogens is 1. The summed E-state index contributed by atoms with van der Waals surface area (Å²) in [5, 5.41) is 0.555. The summed E-state index contributed by atoms with van der Waals surface area (Å²) >= 11 is 5.93. The first-order chi connectivity index (χ1) is 14.6. The van der Waals surface area contributed by atoms with Crippen LogP contribution in [0.5, 0.6) is 0 Å². The molecule has 0 fully saturated rings. The van der Waals surface area contributed by atoms with E-state index in [0.29, 0.717) is 23.7 Å². The molecule has 0 aliphatic carbocycles. The number of rotatable bonds is 9. The van der Waals surface area contributed by atoms with Crippen LogP contribution in [0.15, 0.2) is 47.4 Å². The molecule has 0 aliphatic rings. The van der Waals surface area contributed by atoms with Gasteiger partial charge in [0.25, 0.3) is 5.91 Å². The summed E-state index contributed by atoms with van der Waals surface area (Å²) in [5.74, 6) is -1.04. The maximum atomic E-state index is 13.4. The predicted octanol–water partition coefficient (Wildman–Crippen LogP) is 3.49. The van der Waals surface area contributed by atoms with Crippen molar-refractivity contribution >= 4 is 33.5 Å². The standard InChI is InChI=1S/C22H27ClN2O5S/c1-5-25(6-2)31(28,29)19-12-7-16(3)20(13-19)22(27)24(15-21(26)30-4)14-17-8-10-18(23)11-9-17/h7-13H,5-6,14-15H2,1-4H3. The van der Waals surface area contributed by atoms with Crippen LogP contribution in [0, 0.1) is 6.92 Å². The molecule has 0 N–H and O–H groups in total. The fourth-order valence-corrected chi connectivity index (χ4v) is 4.72. The van der Waals surface area contributed by atoms with Crippen LogP contribution in [0.2, 0.25) is 5.02 Å². The van der Waals surface area contributed by atoms with Crippen LogP contribution in [0.3, 0.4) is 0 Å². The summed E-state index contributed by atoms with van der Waals surface area (Å²) in [5.41, 5.74) is 1.59. The van der Waals surface area contributed by atoms with Crippen LogP contribution in [0.25, 0.3) is 0 Å². The van der Waals surface area contributed by atoms with E-state index in [1.165, 1.54) is 28.4 Å². The molecule has 1 amide bonds. The molecule has 0 spiro atoms. The number of carbonyl (C=O) groups is 2. The Kier molecular flexibility index (Phi) is 8.61.